The van der Waals surface area contributed by atoms with E-state index in [1.807, 2.05) is 0 Å². The summed E-state index contributed by atoms with van der Waals surface area (Å²) >= 11 is 0. The molecule has 2 atom stereocenters. The van der Waals surface area contributed by atoms with Crippen LogP contribution in [-0.2, 0) is 4.74 Å². The quantitative estimate of drug-likeness (QED) is 0.801. The van der Waals surface area contributed by atoms with Gasteiger partial charge in [0.1, 0.15) is 0 Å². The fourth-order valence-corrected chi connectivity index (χ4v) is 2.53. The van der Waals surface area contributed by atoms with Crippen LogP contribution in [0.15, 0.2) is 30.3 Å². The topological polar surface area (TPSA) is 24.5 Å². The molecule has 16 heavy (non-hydrogen) atoms. The Balaban J connectivity index is 0.000000963. The van der Waals surface area contributed by atoms with Gasteiger partial charge in [0.2, 0.25) is 0 Å². The first-order chi connectivity index (χ1) is 7.45. The lowest BCUT2D eigenvalue weighted by molar-refractivity contribution is 0.0350. The first-order valence-electron chi connectivity index (χ1n) is 5.59. The van der Waals surface area contributed by atoms with Crippen molar-refractivity contribution in [3.05, 3.63) is 30.3 Å². The number of anilines is 1. The number of halogens is 1. The van der Waals surface area contributed by atoms with Crippen molar-refractivity contribution in [3.8, 4) is 0 Å². The predicted octanol–water partition coefficient (Wildman–Crippen LogP) is 1.29. The molecule has 3 nitrogen and oxygen atoms in total. The Hall–Kier alpha value is -0.770. The lowest BCUT2D eigenvalue weighted by Gasteiger charge is -2.38. The highest BCUT2D eigenvalue weighted by Crippen LogP contribution is 2.24. The van der Waals surface area contributed by atoms with E-state index < -0.39 is 0 Å². The van der Waals surface area contributed by atoms with Crippen molar-refractivity contribution >= 4 is 18.1 Å². The van der Waals surface area contributed by atoms with E-state index in [1.165, 1.54) is 5.69 Å². The molecule has 2 aliphatic heterocycles. The van der Waals surface area contributed by atoms with E-state index >= 15 is 0 Å². The van der Waals surface area contributed by atoms with Crippen LogP contribution in [0, 0.1) is 0 Å². The summed E-state index contributed by atoms with van der Waals surface area (Å²) in [6.45, 7) is 3.89. The molecule has 0 bridgehead atoms. The van der Waals surface area contributed by atoms with E-state index in [1.54, 1.807) is 0 Å². The van der Waals surface area contributed by atoms with Crippen molar-refractivity contribution in [2.75, 3.05) is 31.1 Å². The van der Waals surface area contributed by atoms with Crippen molar-refractivity contribution in [2.45, 2.75) is 12.1 Å². The molecule has 0 aromatic heterocycles. The number of morpholine rings is 1. The molecule has 4 heteroatoms. The van der Waals surface area contributed by atoms with E-state index in [2.05, 4.69) is 40.5 Å². The minimum absolute atomic E-state index is 0. The molecular formula is C12H17ClN2O. The SMILES string of the molecule is Cl.c1ccc(N2CCO[C@@H]3CNC[C@@H]32)cc1. The monoisotopic (exact) mass is 240 g/mol. The van der Waals surface area contributed by atoms with E-state index in [-0.39, 0.29) is 12.4 Å². The standard InChI is InChI=1S/C12H16N2O.ClH/c1-2-4-10(5-3-1)14-6-7-15-12-9-13-8-11(12)14;/h1-5,11-13H,6-9H2;1H/t11-,12+;/m0./s1. The maximum Gasteiger partial charge on any atom is 0.0915 e. The van der Waals surface area contributed by atoms with Crippen LogP contribution < -0.4 is 10.2 Å². The fourth-order valence-electron chi connectivity index (χ4n) is 2.53. The molecule has 0 amide bonds. The summed E-state index contributed by atoms with van der Waals surface area (Å²) in [5.41, 5.74) is 1.32. The molecule has 3 rings (SSSR count). The number of nitrogens with zero attached hydrogens (tertiary/aromatic N) is 1. The van der Waals surface area contributed by atoms with Crippen LogP contribution in [0.3, 0.4) is 0 Å². The largest absolute Gasteiger partial charge is 0.373 e. The smallest absolute Gasteiger partial charge is 0.0915 e. The van der Waals surface area contributed by atoms with Gasteiger partial charge in [-0.1, -0.05) is 18.2 Å². The van der Waals surface area contributed by atoms with E-state index in [9.17, 15) is 0 Å². The Bertz CT molecular complexity index is 333. The number of nitrogens with one attached hydrogen (secondary N) is 1. The molecule has 0 saturated carbocycles. The van der Waals surface area contributed by atoms with Gasteiger partial charge < -0.3 is 15.0 Å². The lowest BCUT2D eigenvalue weighted by atomic mass is 10.1. The summed E-state index contributed by atoms with van der Waals surface area (Å²) in [4.78, 5) is 2.47. The molecule has 2 aliphatic rings. The van der Waals surface area contributed by atoms with Gasteiger partial charge >= 0.3 is 0 Å². The van der Waals surface area contributed by atoms with Gasteiger partial charge in [-0.3, -0.25) is 0 Å². The minimum Gasteiger partial charge on any atom is -0.373 e. The van der Waals surface area contributed by atoms with Crippen LogP contribution in [0.1, 0.15) is 0 Å². The van der Waals surface area contributed by atoms with Crippen molar-refractivity contribution in [1.29, 1.82) is 0 Å². The molecule has 0 aliphatic carbocycles. The number of hydrogen-bond donors (Lipinski definition) is 1. The molecule has 88 valence electrons. The zero-order valence-electron chi connectivity index (χ0n) is 9.13. The summed E-state index contributed by atoms with van der Waals surface area (Å²) in [7, 11) is 0. The zero-order chi connectivity index (χ0) is 10.1. The average molecular weight is 241 g/mol. The summed E-state index contributed by atoms with van der Waals surface area (Å²) < 4.78 is 5.75. The van der Waals surface area contributed by atoms with Crippen molar-refractivity contribution in [2.24, 2.45) is 0 Å². The fraction of sp³-hybridized carbons (Fsp3) is 0.500. The third-order valence-corrected chi connectivity index (χ3v) is 3.28. The Kier molecular flexibility index (Phi) is 3.69. The Morgan fingerprint density at radius 1 is 1.19 bits per heavy atom. The number of rotatable bonds is 1. The maximum atomic E-state index is 5.75. The van der Waals surface area contributed by atoms with E-state index in [0.717, 1.165) is 26.2 Å². The van der Waals surface area contributed by atoms with Crippen LogP contribution in [0.25, 0.3) is 0 Å². The molecule has 2 saturated heterocycles. The van der Waals surface area contributed by atoms with Crippen LogP contribution in [0.2, 0.25) is 0 Å². The van der Waals surface area contributed by atoms with Gasteiger partial charge in [-0.15, -0.1) is 12.4 Å². The Labute approximate surface area is 102 Å². The predicted molar refractivity (Wildman–Crippen MR) is 67.4 cm³/mol. The van der Waals surface area contributed by atoms with Crippen molar-refractivity contribution in [1.82, 2.24) is 5.32 Å². The number of benzene rings is 1. The van der Waals surface area contributed by atoms with Crippen molar-refractivity contribution in [3.63, 3.8) is 0 Å². The highest BCUT2D eigenvalue weighted by atomic mass is 35.5. The normalized spacial score (nSPS) is 28.4. The highest BCUT2D eigenvalue weighted by Gasteiger charge is 2.35. The van der Waals surface area contributed by atoms with Gasteiger partial charge in [0.05, 0.1) is 18.8 Å². The van der Waals surface area contributed by atoms with E-state index in [4.69, 9.17) is 4.74 Å². The lowest BCUT2D eigenvalue weighted by Crippen LogP contribution is -2.50. The first kappa shape index (κ1) is 11.7. The summed E-state index contributed by atoms with van der Waals surface area (Å²) in [6, 6.07) is 11.1. The van der Waals surface area contributed by atoms with Crippen molar-refractivity contribution < 1.29 is 4.74 Å². The van der Waals surface area contributed by atoms with Crippen LogP contribution >= 0.6 is 12.4 Å². The molecule has 1 aromatic carbocycles. The molecule has 0 spiro atoms. The molecule has 0 unspecified atom stereocenters. The average Bonchev–Trinajstić information content (AvgIpc) is 2.78. The van der Waals surface area contributed by atoms with Crippen LogP contribution in [0.4, 0.5) is 5.69 Å². The van der Waals surface area contributed by atoms with Gasteiger partial charge in [-0.25, -0.2) is 0 Å². The molecule has 2 fully saturated rings. The molecule has 0 radical (unpaired) electrons. The molecule has 1 aromatic rings. The van der Waals surface area contributed by atoms with Crippen LogP contribution in [-0.4, -0.2) is 38.4 Å². The number of ether oxygens (including phenoxy) is 1. The van der Waals surface area contributed by atoms with Gasteiger partial charge in [-0.05, 0) is 12.1 Å². The first-order valence-corrected chi connectivity index (χ1v) is 5.59. The minimum atomic E-state index is 0. The highest BCUT2D eigenvalue weighted by molar-refractivity contribution is 5.85. The second kappa shape index (κ2) is 5.04. The van der Waals surface area contributed by atoms with Gasteiger partial charge in [0, 0.05) is 25.3 Å². The van der Waals surface area contributed by atoms with Gasteiger partial charge in [0.15, 0.2) is 0 Å². The number of fused-ring (bicyclic) bond motifs is 1. The third kappa shape index (κ3) is 2.03. The second-order valence-corrected chi connectivity index (χ2v) is 4.16. The van der Waals surface area contributed by atoms with Gasteiger partial charge in [0.25, 0.3) is 0 Å². The summed E-state index contributed by atoms with van der Waals surface area (Å²) in [5.74, 6) is 0. The maximum absolute atomic E-state index is 5.75. The summed E-state index contributed by atoms with van der Waals surface area (Å²) in [5, 5.41) is 3.40. The summed E-state index contributed by atoms with van der Waals surface area (Å²) in [6.07, 6.45) is 0.374. The third-order valence-electron chi connectivity index (χ3n) is 3.28. The molecule has 2 heterocycles. The van der Waals surface area contributed by atoms with E-state index in [0.29, 0.717) is 12.1 Å². The Morgan fingerprint density at radius 3 is 2.81 bits per heavy atom. The molecular weight excluding hydrogens is 224 g/mol. The van der Waals surface area contributed by atoms with Gasteiger partial charge in [-0.2, -0.15) is 0 Å². The zero-order valence-corrected chi connectivity index (χ0v) is 9.95. The second-order valence-electron chi connectivity index (χ2n) is 4.16. The number of hydrogen-bond acceptors (Lipinski definition) is 3. The Morgan fingerprint density at radius 2 is 2.00 bits per heavy atom. The molecule has 1 N–H and O–H groups in total. The van der Waals surface area contributed by atoms with Crippen LogP contribution in [0.5, 0.6) is 0 Å². The number of para-hydroxylation sites is 1.